The molecule has 1 aliphatic carbocycles. The predicted molar refractivity (Wildman–Crippen MR) is 105 cm³/mol. The number of aliphatic carboxylic acids is 1. The van der Waals surface area contributed by atoms with E-state index in [0.29, 0.717) is 37.9 Å². The van der Waals surface area contributed by atoms with Crippen LogP contribution in [0.25, 0.3) is 0 Å². The Hall–Kier alpha value is -2.70. The van der Waals surface area contributed by atoms with Crippen molar-refractivity contribution in [3.63, 3.8) is 0 Å². The van der Waals surface area contributed by atoms with Gasteiger partial charge in [-0.2, -0.15) is 13.2 Å². The van der Waals surface area contributed by atoms with Crippen LogP contribution in [0.4, 0.5) is 13.2 Å². The number of halogens is 3. The molecule has 0 unspecified atom stereocenters. The van der Waals surface area contributed by atoms with Gasteiger partial charge in [-0.25, -0.2) is 4.79 Å². The first-order valence-corrected chi connectivity index (χ1v) is 10.7. The molecular formula is C19H27F3N6O4. The number of carbonyl (C=O) groups is 3. The minimum atomic E-state index is -5.08. The maximum Gasteiger partial charge on any atom is 0.490 e. The lowest BCUT2D eigenvalue weighted by Gasteiger charge is -2.45. The molecule has 4 rings (SSSR count). The number of aromatic nitrogens is 3. The normalized spacial score (nSPS) is 19.8. The van der Waals surface area contributed by atoms with Crippen LogP contribution in [-0.2, 0) is 22.6 Å². The number of nitrogens with one attached hydrogen (secondary N) is 2. The van der Waals surface area contributed by atoms with Gasteiger partial charge in [-0.05, 0) is 12.8 Å². The number of likely N-dealkylation sites (tertiary alicyclic amines) is 1. The molecule has 13 heteroatoms. The smallest absolute Gasteiger partial charge is 0.475 e. The molecule has 0 radical (unpaired) electrons. The van der Waals surface area contributed by atoms with Crippen molar-refractivity contribution >= 4 is 17.8 Å². The van der Waals surface area contributed by atoms with Crippen molar-refractivity contribution in [3.05, 3.63) is 11.6 Å². The van der Waals surface area contributed by atoms with E-state index in [1.165, 1.54) is 32.1 Å². The minimum absolute atomic E-state index is 0.125. The molecule has 3 aliphatic rings. The second kappa shape index (κ2) is 10.3. The van der Waals surface area contributed by atoms with E-state index in [2.05, 4.69) is 25.7 Å². The summed E-state index contributed by atoms with van der Waals surface area (Å²) >= 11 is 0. The number of carboxylic acids is 1. The summed E-state index contributed by atoms with van der Waals surface area (Å²) in [7, 11) is 0. The Bertz CT molecular complexity index is 832. The molecule has 0 aromatic carbocycles. The zero-order valence-electron chi connectivity index (χ0n) is 17.5. The lowest BCUT2D eigenvalue weighted by molar-refractivity contribution is -0.192. The van der Waals surface area contributed by atoms with Crippen LogP contribution in [0.15, 0.2) is 0 Å². The lowest BCUT2D eigenvalue weighted by Crippen LogP contribution is -2.57. The Morgan fingerprint density at radius 1 is 1.16 bits per heavy atom. The third kappa shape index (κ3) is 5.96. The lowest BCUT2D eigenvalue weighted by atomic mass is 9.88. The molecule has 178 valence electrons. The number of alkyl halides is 3. The molecule has 1 saturated carbocycles. The molecule has 32 heavy (non-hydrogen) atoms. The van der Waals surface area contributed by atoms with Crippen LogP contribution in [0.3, 0.4) is 0 Å². The Balaban J connectivity index is 0.000000360. The van der Waals surface area contributed by atoms with E-state index in [-0.39, 0.29) is 17.7 Å². The molecule has 0 bridgehead atoms. The quantitative estimate of drug-likeness (QED) is 0.586. The summed E-state index contributed by atoms with van der Waals surface area (Å²) in [6.07, 6.45) is 2.13. The van der Waals surface area contributed by atoms with Crippen LogP contribution in [0.2, 0.25) is 0 Å². The zero-order valence-corrected chi connectivity index (χ0v) is 17.5. The van der Waals surface area contributed by atoms with Crippen molar-refractivity contribution in [2.45, 2.75) is 57.3 Å². The van der Waals surface area contributed by atoms with E-state index >= 15 is 0 Å². The maximum absolute atomic E-state index is 12.3. The Labute approximate surface area is 182 Å². The minimum Gasteiger partial charge on any atom is -0.475 e. The fraction of sp³-hybridized carbons (Fsp3) is 0.737. The number of fused-ring (bicyclic) bond motifs is 1. The van der Waals surface area contributed by atoms with E-state index in [1.54, 1.807) is 0 Å². The summed E-state index contributed by atoms with van der Waals surface area (Å²) in [5, 5.41) is 20.9. The van der Waals surface area contributed by atoms with E-state index in [4.69, 9.17) is 9.90 Å². The molecule has 3 N–H and O–H groups in total. The topological polar surface area (TPSA) is 129 Å². The number of hydrogen-bond donors (Lipinski definition) is 3. The molecule has 3 heterocycles. The molecule has 2 amide bonds. The van der Waals surface area contributed by atoms with E-state index in [9.17, 15) is 22.8 Å². The number of carboxylic acid groups (broad SMARTS) is 1. The highest BCUT2D eigenvalue weighted by Crippen LogP contribution is 2.28. The molecule has 1 aromatic rings. The number of carbonyl (C=O) groups excluding carboxylic acids is 2. The predicted octanol–water partition coefficient (Wildman–Crippen LogP) is 0.578. The molecule has 1 saturated heterocycles. The Morgan fingerprint density at radius 3 is 2.44 bits per heavy atom. The van der Waals surface area contributed by atoms with Gasteiger partial charge < -0.3 is 20.3 Å². The highest BCUT2D eigenvalue weighted by atomic mass is 19.4. The van der Waals surface area contributed by atoms with Crippen molar-refractivity contribution in [1.82, 2.24) is 30.3 Å². The van der Waals surface area contributed by atoms with Crippen molar-refractivity contribution in [3.8, 4) is 0 Å². The molecule has 1 aromatic heterocycles. The summed E-state index contributed by atoms with van der Waals surface area (Å²) in [5.41, 5.74) is 0. The molecule has 0 atom stereocenters. The average molecular weight is 460 g/mol. The third-order valence-corrected chi connectivity index (χ3v) is 5.91. The van der Waals surface area contributed by atoms with Gasteiger partial charge in [-0.1, -0.05) is 19.3 Å². The fourth-order valence-corrected chi connectivity index (χ4v) is 4.15. The monoisotopic (exact) mass is 460 g/mol. The van der Waals surface area contributed by atoms with Crippen LogP contribution in [-0.4, -0.2) is 81.0 Å². The van der Waals surface area contributed by atoms with E-state index < -0.39 is 12.1 Å². The highest BCUT2D eigenvalue weighted by molar-refractivity contribution is 5.91. The van der Waals surface area contributed by atoms with Gasteiger partial charge in [0.05, 0.1) is 5.92 Å². The first-order valence-electron chi connectivity index (χ1n) is 10.7. The van der Waals surface area contributed by atoms with Crippen LogP contribution in [0.1, 0.15) is 48.5 Å². The first-order chi connectivity index (χ1) is 15.2. The Morgan fingerprint density at radius 2 is 1.81 bits per heavy atom. The molecule has 10 nitrogen and oxygen atoms in total. The SMILES string of the molecule is O=C(O)C(F)(F)F.O=C1NCCn2c(CCNC(=O)C3CN(C4CCCCC4)C3)nnc21. The van der Waals surface area contributed by atoms with Gasteiger partial charge in [0, 0.05) is 45.2 Å². The zero-order chi connectivity index (χ0) is 23.3. The van der Waals surface area contributed by atoms with E-state index in [0.717, 1.165) is 18.9 Å². The second-order valence-electron chi connectivity index (χ2n) is 8.13. The largest absolute Gasteiger partial charge is 0.490 e. The van der Waals surface area contributed by atoms with Gasteiger partial charge in [-0.15, -0.1) is 10.2 Å². The maximum atomic E-state index is 12.3. The summed E-state index contributed by atoms with van der Waals surface area (Å²) in [5.74, 6) is -1.53. The first kappa shape index (κ1) is 24.0. The number of hydrogen-bond acceptors (Lipinski definition) is 6. The van der Waals surface area contributed by atoms with Crippen LogP contribution >= 0.6 is 0 Å². The van der Waals surface area contributed by atoms with Crippen LogP contribution in [0, 0.1) is 5.92 Å². The Kier molecular flexibility index (Phi) is 7.69. The molecular weight excluding hydrogens is 433 g/mol. The van der Waals surface area contributed by atoms with Crippen molar-refractivity contribution < 1.29 is 32.7 Å². The average Bonchev–Trinajstić information content (AvgIpc) is 3.12. The number of amides is 2. The molecule has 0 spiro atoms. The standard InChI is InChI=1S/C17H26N6O2.C2HF3O2/c24-16(12-10-22(11-12)13-4-2-1-3-5-13)18-7-6-14-20-21-15-17(25)19-8-9-23(14)15;3-2(4,5)1(6)7/h12-13H,1-11H2,(H,18,24)(H,19,25);(H,6,7). The summed E-state index contributed by atoms with van der Waals surface area (Å²) in [6, 6.07) is 0.700. The van der Waals surface area contributed by atoms with Gasteiger partial charge in [-0.3, -0.25) is 14.5 Å². The molecule has 2 fully saturated rings. The van der Waals surface area contributed by atoms with Gasteiger partial charge in [0.25, 0.3) is 5.91 Å². The molecule has 2 aliphatic heterocycles. The number of nitrogens with zero attached hydrogens (tertiary/aromatic N) is 4. The van der Waals surface area contributed by atoms with Crippen molar-refractivity contribution in [2.24, 2.45) is 5.92 Å². The number of rotatable bonds is 5. The second-order valence-corrected chi connectivity index (χ2v) is 8.13. The van der Waals surface area contributed by atoms with Gasteiger partial charge in [0.1, 0.15) is 5.82 Å². The van der Waals surface area contributed by atoms with Crippen LogP contribution < -0.4 is 10.6 Å². The van der Waals surface area contributed by atoms with Gasteiger partial charge in [0.2, 0.25) is 11.7 Å². The summed E-state index contributed by atoms with van der Waals surface area (Å²) in [6.45, 7) is 3.63. The summed E-state index contributed by atoms with van der Waals surface area (Å²) in [4.78, 5) is 35.3. The van der Waals surface area contributed by atoms with E-state index in [1.807, 2.05) is 4.57 Å². The van der Waals surface area contributed by atoms with Gasteiger partial charge in [0.15, 0.2) is 0 Å². The van der Waals surface area contributed by atoms with Crippen LogP contribution in [0.5, 0.6) is 0 Å². The fourth-order valence-electron chi connectivity index (χ4n) is 4.15. The van der Waals surface area contributed by atoms with Gasteiger partial charge >= 0.3 is 12.1 Å². The highest BCUT2D eigenvalue weighted by Gasteiger charge is 2.38. The van der Waals surface area contributed by atoms with Crippen molar-refractivity contribution in [1.29, 1.82) is 0 Å². The summed E-state index contributed by atoms with van der Waals surface area (Å²) < 4.78 is 33.6. The third-order valence-electron chi connectivity index (χ3n) is 5.91. The van der Waals surface area contributed by atoms with Crippen molar-refractivity contribution in [2.75, 3.05) is 26.2 Å².